The number of hydrogen-bond donors (Lipinski definition) is 3. The maximum atomic E-state index is 11.1. The zero-order valence-electron chi connectivity index (χ0n) is 4.09. The molecule has 0 spiro atoms. The lowest BCUT2D eigenvalue weighted by Crippen LogP contribution is -2.27. The van der Waals surface area contributed by atoms with Gasteiger partial charge in [0, 0.05) is 0 Å². The maximum Gasteiger partial charge on any atom is 0.402 e. The lowest BCUT2D eigenvalue weighted by molar-refractivity contribution is -0.108. The Morgan fingerprint density at radius 3 is 1.67 bits per heavy atom. The molecule has 0 rings (SSSR count). The van der Waals surface area contributed by atoms with Crippen LogP contribution in [0.3, 0.4) is 0 Å². The van der Waals surface area contributed by atoms with E-state index in [0.717, 1.165) is 0 Å². The number of rotatable bonds is 1. The zero-order chi connectivity index (χ0) is 7.71. The van der Waals surface area contributed by atoms with Gasteiger partial charge < -0.3 is 9.11 Å². The quantitative estimate of drug-likeness (QED) is 0.497. The van der Waals surface area contributed by atoms with Gasteiger partial charge in [-0.25, -0.2) is 4.21 Å². The first-order valence-corrected chi connectivity index (χ1v) is 3.62. The minimum Gasteiger partial charge on any atom is -0.309 e. The predicted molar refractivity (Wildman–Crippen MR) is 25.7 cm³/mol. The Morgan fingerprint density at radius 1 is 1.33 bits per heavy atom. The highest BCUT2D eigenvalue weighted by Crippen LogP contribution is 2.17. The van der Waals surface area contributed by atoms with Crippen LogP contribution in [-0.4, -0.2) is 25.2 Å². The van der Waals surface area contributed by atoms with Crippen LogP contribution >= 0.6 is 0 Å². The molecule has 0 bridgehead atoms. The van der Waals surface area contributed by atoms with Gasteiger partial charge in [-0.2, -0.15) is 13.2 Å². The number of alkyl halides is 3. The van der Waals surface area contributed by atoms with Gasteiger partial charge in [-0.15, -0.1) is 0 Å². The van der Waals surface area contributed by atoms with Gasteiger partial charge in [0.2, 0.25) is 0 Å². The Morgan fingerprint density at radius 2 is 1.67 bits per heavy atom. The zero-order valence-corrected chi connectivity index (χ0v) is 4.99. The largest absolute Gasteiger partial charge is 0.402 e. The second kappa shape index (κ2) is 2.24. The van der Waals surface area contributed by atoms with Crippen molar-refractivity contribution in [2.45, 2.75) is 6.18 Å². The lowest BCUT2D eigenvalue weighted by atomic mass is 10.8. The van der Waals surface area contributed by atoms with E-state index in [4.69, 9.17) is 9.11 Å². The summed E-state index contributed by atoms with van der Waals surface area (Å²) in [5.74, 6) is -2.04. The summed E-state index contributed by atoms with van der Waals surface area (Å²) in [5, 5.41) is 0. The SMILES string of the molecule is O=[SH](O)(O)CC(F)(F)F. The number of hydrogen-bond acceptors (Lipinski definition) is 1. The standard InChI is InChI=1S/C2H5F3O3S/c3-2(4,5)1-9(6,7)8/h9H,1H2,(H2,6,7,8). The van der Waals surface area contributed by atoms with E-state index in [9.17, 15) is 17.4 Å². The van der Waals surface area contributed by atoms with Crippen molar-refractivity contribution in [3.05, 3.63) is 0 Å². The fraction of sp³-hybridized carbons (Fsp3) is 1.00. The first kappa shape index (κ1) is 8.86. The van der Waals surface area contributed by atoms with Crippen molar-refractivity contribution in [3.63, 3.8) is 0 Å². The van der Waals surface area contributed by atoms with Crippen LogP contribution in [0.25, 0.3) is 0 Å². The van der Waals surface area contributed by atoms with Crippen LogP contribution in [0.4, 0.5) is 13.2 Å². The third-order valence-corrected chi connectivity index (χ3v) is 1.16. The summed E-state index contributed by atoms with van der Waals surface area (Å²) in [6.45, 7) is 0. The van der Waals surface area contributed by atoms with E-state index in [-0.39, 0.29) is 0 Å². The summed E-state index contributed by atoms with van der Waals surface area (Å²) in [7, 11) is -4.91. The van der Waals surface area contributed by atoms with E-state index in [2.05, 4.69) is 0 Å². The molecule has 0 aliphatic rings. The van der Waals surface area contributed by atoms with Gasteiger partial charge in [0.1, 0.15) is 5.75 Å². The highest BCUT2D eigenvalue weighted by molar-refractivity contribution is 7.92. The minimum absolute atomic E-state index is 2.04. The first-order valence-electron chi connectivity index (χ1n) is 1.82. The number of halogens is 3. The van der Waals surface area contributed by atoms with E-state index < -0.39 is 22.4 Å². The van der Waals surface area contributed by atoms with Crippen LogP contribution in [0.2, 0.25) is 0 Å². The summed E-state index contributed by atoms with van der Waals surface area (Å²) in [6, 6.07) is 0. The topological polar surface area (TPSA) is 57.5 Å². The molecule has 3 nitrogen and oxygen atoms in total. The molecule has 0 unspecified atom stereocenters. The van der Waals surface area contributed by atoms with Crippen molar-refractivity contribution in [1.82, 2.24) is 0 Å². The average Bonchev–Trinajstić information content (AvgIpc) is 1.14. The smallest absolute Gasteiger partial charge is 0.309 e. The average molecular weight is 166 g/mol. The fourth-order valence-corrected chi connectivity index (χ4v) is 0.701. The lowest BCUT2D eigenvalue weighted by Gasteiger charge is -2.11. The van der Waals surface area contributed by atoms with Gasteiger partial charge in [-0.05, 0) is 0 Å². The third kappa shape index (κ3) is 7.86. The van der Waals surface area contributed by atoms with Crippen LogP contribution in [0, 0.1) is 0 Å². The van der Waals surface area contributed by atoms with Crippen LogP contribution in [0.5, 0.6) is 0 Å². The summed E-state index contributed by atoms with van der Waals surface area (Å²) in [4.78, 5) is 0. The Labute approximate surface area is 49.9 Å². The van der Waals surface area contributed by atoms with E-state index in [0.29, 0.717) is 0 Å². The van der Waals surface area contributed by atoms with Gasteiger partial charge in [0.05, 0.1) is 10.5 Å². The Hall–Kier alpha value is -0.140. The molecule has 2 N–H and O–H groups in total. The monoisotopic (exact) mass is 166 g/mol. The van der Waals surface area contributed by atoms with Crippen molar-refractivity contribution >= 4 is 10.5 Å². The van der Waals surface area contributed by atoms with Gasteiger partial charge >= 0.3 is 6.18 Å². The summed E-state index contributed by atoms with van der Waals surface area (Å²) >= 11 is 0. The molecule has 0 saturated heterocycles. The minimum atomic E-state index is -4.91. The molecule has 0 radical (unpaired) electrons. The second-order valence-electron chi connectivity index (χ2n) is 1.44. The van der Waals surface area contributed by atoms with Gasteiger partial charge in [-0.1, -0.05) is 0 Å². The Balaban J connectivity index is 3.90. The molecule has 0 aliphatic heterocycles. The van der Waals surface area contributed by atoms with E-state index in [1.807, 2.05) is 0 Å². The molecule has 58 valence electrons. The molecule has 0 aliphatic carbocycles. The molecule has 0 aromatic heterocycles. The molecular weight excluding hydrogens is 161 g/mol. The normalized spacial score (nSPS) is 15.7. The van der Waals surface area contributed by atoms with Crippen LogP contribution in [0.1, 0.15) is 0 Å². The van der Waals surface area contributed by atoms with E-state index in [1.54, 1.807) is 0 Å². The van der Waals surface area contributed by atoms with Gasteiger partial charge in [0.15, 0.2) is 0 Å². The molecule has 0 atom stereocenters. The molecule has 0 aromatic carbocycles. The van der Waals surface area contributed by atoms with Crippen LogP contribution in [0.15, 0.2) is 0 Å². The predicted octanol–water partition coefficient (Wildman–Crippen LogP) is 0.511. The molecule has 0 fully saturated rings. The van der Waals surface area contributed by atoms with Crippen molar-refractivity contribution < 1.29 is 26.5 Å². The van der Waals surface area contributed by atoms with Crippen LogP contribution in [-0.2, 0) is 10.5 Å². The number of thiol groups is 1. The summed E-state index contributed by atoms with van der Waals surface area (Å²) in [6.07, 6.45) is -4.78. The Bertz CT molecular complexity index is 134. The van der Waals surface area contributed by atoms with Crippen LogP contribution < -0.4 is 0 Å². The second-order valence-corrected chi connectivity index (χ2v) is 3.08. The Kier molecular flexibility index (Phi) is 2.20. The summed E-state index contributed by atoms with van der Waals surface area (Å²) in [5.41, 5.74) is 0. The first-order chi connectivity index (χ1) is 3.71. The van der Waals surface area contributed by atoms with Crippen molar-refractivity contribution in [2.24, 2.45) is 0 Å². The molecular formula is C2H5F3O3S. The fourth-order valence-electron chi connectivity index (χ4n) is 0.234. The molecule has 0 amide bonds. The highest BCUT2D eigenvalue weighted by Gasteiger charge is 2.32. The molecule has 0 aromatic rings. The third-order valence-electron chi connectivity index (χ3n) is 0.385. The van der Waals surface area contributed by atoms with E-state index in [1.165, 1.54) is 0 Å². The molecule has 7 heteroatoms. The van der Waals surface area contributed by atoms with E-state index >= 15 is 0 Å². The van der Waals surface area contributed by atoms with Gasteiger partial charge in [-0.3, -0.25) is 0 Å². The van der Waals surface area contributed by atoms with Gasteiger partial charge in [0.25, 0.3) is 0 Å². The molecule has 9 heavy (non-hydrogen) atoms. The highest BCUT2D eigenvalue weighted by atomic mass is 32.3. The molecule has 0 saturated carbocycles. The molecule has 0 heterocycles. The van der Waals surface area contributed by atoms with Crippen molar-refractivity contribution in [1.29, 1.82) is 0 Å². The van der Waals surface area contributed by atoms with Crippen molar-refractivity contribution in [3.8, 4) is 0 Å². The van der Waals surface area contributed by atoms with Crippen molar-refractivity contribution in [2.75, 3.05) is 5.75 Å². The maximum absolute atomic E-state index is 11.1. The summed E-state index contributed by atoms with van der Waals surface area (Å²) < 4.78 is 58.3.